The molecule has 1 unspecified atom stereocenters. The van der Waals surface area contributed by atoms with Gasteiger partial charge in [-0.05, 0) is 6.92 Å². The van der Waals surface area contributed by atoms with Crippen molar-refractivity contribution in [2.24, 2.45) is 0 Å². The standard InChI is InChI=1S/C12H12F3N5O3S/c1-6-17-8(23-19-6)11(22)2-3-20(5-11)10(21)18-9-16-4-7(24-9)12(13,14)15/h4,22H,2-3,5H2,1H3,(H,16,18,21). The zero-order valence-electron chi connectivity index (χ0n) is 12.3. The Morgan fingerprint density at radius 2 is 2.29 bits per heavy atom. The first kappa shape index (κ1) is 16.6. The topological polar surface area (TPSA) is 104 Å². The molecule has 2 N–H and O–H groups in total. The van der Waals surface area contributed by atoms with Crippen molar-refractivity contribution in [3.63, 3.8) is 0 Å². The minimum atomic E-state index is -4.51. The van der Waals surface area contributed by atoms with Crippen molar-refractivity contribution in [3.8, 4) is 0 Å². The first-order valence-electron chi connectivity index (χ1n) is 6.79. The normalized spacial score (nSPS) is 21.3. The van der Waals surface area contributed by atoms with Crippen LogP contribution in [0.25, 0.3) is 0 Å². The first-order chi connectivity index (χ1) is 11.2. The monoisotopic (exact) mass is 363 g/mol. The van der Waals surface area contributed by atoms with Crippen molar-refractivity contribution in [1.29, 1.82) is 0 Å². The van der Waals surface area contributed by atoms with Gasteiger partial charge in [-0.15, -0.1) is 0 Å². The number of anilines is 1. The smallest absolute Gasteiger partial charge is 0.378 e. The number of rotatable bonds is 2. The molecule has 3 heterocycles. The van der Waals surface area contributed by atoms with E-state index in [-0.39, 0.29) is 30.5 Å². The Balaban J connectivity index is 1.65. The predicted octanol–water partition coefficient (Wildman–Crippen LogP) is 1.98. The molecular formula is C12H12F3N5O3S. The van der Waals surface area contributed by atoms with Crippen LogP contribution in [0, 0.1) is 6.92 Å². The Kier molecular flexibility index (Phi) is 3.95. The number of urea groups is 1. The number of amides is 2. The third kappa shape index (κ3) is 3.19. The Labute approximate surface area is 137 Å². The highest BCUT2D eigenvalue weighted by Crippen LogP contribution is 2.35. The van der Waals surface area contributed by atoms with Crippen LogP contribution in [0.1, 0.15) is 23.0 Å². The number of carbonyl (C=O) groups is 1. The molecule has 2 aromatic heterocycles. The number of aryl methyl sites for hydroxylation is 1. The van der Waals surface area contributed by atoms with Crippen LogP contribution in [0.2, 0.25) is 0 Å². The summed E-state index contributed by atoms with van der Waals surface area (Å²) < 4.78 is 42.5. The number of hydrogen-bond donors (Lipinski definition) is 2. The summed E-state index contributed by atoms with van der Waals surface area (Å²) in [6, 6.07) is -0.662. The molecule has 3 rings (SSSR count). The van der Waals surface area contributed by atoms with E-state index in [0.29, 0.717) is 23.4 Å². The van der Waals surface area contributed by atoms with E-state index in [2.05, 4.69) is 20.4 Å². The van der Waals surface area contributed by atoms with Crippen LogP contribution in [-0.4, -0.2) is 44.3 Å². The summed E-state index contributed by atoms with van der Waals surface area (Å²) in [6.07, 6.45) is -3.68. The number of nitrogens with zero attached hydrogens (tertiary/aromatic N) is 4. The van der Waals surface area contributed by atoms with Gasteiger partial charge in [0.1, 0.15) is 4.88 Å². The second-order valence-electron chi connectivity index (χ2n) is 5.31. The van der Waals surface area contributed by atoms with Gasteiger partial charge in [0, 0.05) is 13.0 Å². The van der Waals surface area contributed by atoms with Gasteiger partial charge in [0.15, 0.2) is 16.6 Å². The predicted molar refractivity (Wildman–Crippen MR) is 75.3 cm³/mol. The van der Waals surface area contributed by atoms with Gasteiger partial charge in [-0.2, -0.15) is 18.2 Å². The van der Waals surface area contributed by atoms with Crippen molar-refractivity contribution in [2.75, 3.05) is 18.4 Å². The fourth-order valence-corrected chi connectivity index (χ4v) is 2.93. The first-order valence-corrected chi connectivity index (χ1v) is 7.61. The molecule has 2 aromatic rings. The molecule has 0 spiro atoms. The molecule has 0 saturated carbocycles. The average Bonchev–Trinajstić information content (AvgIpc) is 3.18. The van der Waals surface area contributed by atoms with Crippen LogP contribution in [0.4, 0.5) is 23.1 Å². The fraction of sp³-hybridized carbons (Fsp3) is 0.500. The summed E-state index contributed by atoms with van der Waals surface area (Å²) in [5.41, 5.74) is -1.47. The number of alkyl halides is 3. The number of β-amino-alcohol motifs (C(OH)–C–C–N with tert-alkyl or cyclic N) is 1. The molecule has 1 fully saturated rings. The van der Waals surface area contributed by atoms with E-state index in [1.54, 1.807) is 6.92 Å². The summed E-state index contributed by atoms with van der Waals surface area (Å²) in [7, 11) is 0. The highest BCUT2D eigenvalue weighted by molar-refractivity contribution is 7.15. The van der Waals surface area contributed by atoms with Crippen molar-refractivity contribution in [2.45, 2.75) is 25.1 Å². The van der Waals surface area contributed by atoms with E-state index in [1.807, 2.05) is 0 Å². The van der Waals surface area contributed by atoms with Crippen LogP contribution < -0.4 is 5.32 Å². The maximum absolute atomic E-state index is 12.5. The lowest BCUT2D eigenvalue weighted by molar-refractivity contribution is -0.134. The lowest BCUT2D eigenvalue weighted by Gasteiger charge is -2.19. The number of carbonyl (C=O) groups excluding carboxylic acids is 1. The minimum Gasteiger partial charge on any atom is -0.378 e. The van der Waals surface area contributed by atoms with Crippen molar-refractivity contribution in [1.82, 2.24) is 20.0 Å². The van der Waals surface area contributed by atoms with Crippen molar-refractivity contribution >= 4 is 22.5 Å². The molecule has 24 heavy (non-hydrogen) atoms. The number of thiazole rings is 1. The van der Waals surface area contributed by atoms with Crippen LogP contribution in [0.15, 0.2) is 10.7 Å². The van der Waals surface area contributed by atoms with Crippen molar-refractivity contribution < 1.29 is 27.6 Å². The molecule has 130 valence electrons. The average molecular weight is 363 g/mol. The van der Waals surface area contributed by atoms with E-state index in [0.717, 1.165) is 0 Å². The lowest BCUT2D eigenvalue weighted by atomic mass is 10.0. The number of aliphatic hydroxyl groups is 1. The van der Waals surface area contributed by atoms with E-state index in [9.17, 15) is 23.1 Å². The quantitative estimate of drug-likeness (QED) is 0.845. The zero-order valence-corrected chi connectivity index (χ0v) is 13.1. The molecule has 0 aliphatic carbocycles. The van der Waals surface area contributed by atoms with Gasteiger partial charge in [-0.1, -0.05) is 16.5 Å². The maximum Gasteiger partial charge on any atom is 0.427 e. The SMILES string of the molecule is Cc1noc(C2(O)CCN(C(=O)Nc3ncc(C(F)(F)F)s3)C2)n1. The number of hydrogen-bond acceptors (Lipinski definition) is 7. The lowest BCUT2D eigenvalue weighted by Crippen LogP contribution is -2.37. The molecule has 1 aliphatic rings. The highest BCUT2D eigenvalue weighted by Gasteiger charge is 2.44. The largest absolute Gasteiger partial charge is 0.427 e. The maximum atomic E-state index is 12.5. The van der Waals surface area contributed by atoms with Gasteiger partial charge in [-0.3, -0.25) is 5.32 Å². The molecule has 1 atom stereocenters. The van der Waals surface area contributed by atoms with Gasteiger partial charge >= 0.3 is 12.2 Å². The third-order valence-electron chi connectivity index (χ3n) is 3.46. The van der Waals surface area contributed by atoms with E-state index in [4.69, 9.17) is 4.52 Å². The van der Waals surface area contributed by atoms with Gasteiger partial charge < -0.3 is 14.5 Å². The van der Waals surface area contributed by atoms with Crippen LogP contribution in [0.3, 0.4) is 0 Å². The van der Waals surface area contributed by atoms with Gasteiger partial charge in [0.2, 0.25) is 0 Å². The molecule has 2 amide bonds. The Morgan fingerprint density at radius 3 is 2.88 bits per heavy atom. The van der Waals surface area contributed by atoms with Crippen LogP contribution in [-0.2, 0) is 11.8 Å². The molecule has 12 heteroatoms. The van der Waals surface area contributed by atoms with E-state index < -0.39 is 22.7 Å². The Hall–Kier alpha value is -2.21. The summed E-state index contributed by atoms with van der Waals surface area (Å²) >= 11 is 0.328. The molecule has 0 radical (unpaired) electrons. The Morgan fingerprint density at radius 1 is 1.54 bits per heavy atom. The third-order valence-corrected chi connectivity index (χ3v) is 4.42. The molecule has 0 aromatic carbocycles. The number of likely N-dealkylation sites (tertiary alicyclic amines) is 1. The second kappa shape index (κ2) is 5.70. The number of nitrogens with one attached hydrogen (secondary N) is 1. The van der Waals surface area contributed by atoms with Gasteiger partial charge in [-0.25, -0.2) is 9.78 Å². The van der Waals surface area contributed by atoms with E-state index >= 15 is 0 Å². The molecule has 1 saturated heterocycles. The molecular weight excluding hydrogens is 351 g/mol. The Bertz CT molecular complexity index is 761. The van der Waals surface area contributed by atoms with Crippen molar-refractivity contribution in [3.05, 3.63) is 22.8 Å². The summed E-state index contributed by atoms with van der Waals surface area (Å²) in [6.45, 7) is 1.66. The van der Waals surface area contributed by atoms with Gasteiger partial charge in [0.25, 0.3) is 5.89 Å². The number of halogens is 3. The molecule has 0 bridgehead atoms. The fourth-order valence-electron chi connectivity index (χ4n) is 2.26. The molecule has 8 nitrogen and oxygen atoms in total. The summed E-state index contributed by atoms with van der Waals surface area (Å²) in [4.78, 5) is 19.9. The highest BCUT2D eigenvalue weighted by atomic mass is 32.1. The minimum absolute atomic E-state index is 0.00362. The van der Waals surface area contributed by atoms with Crippen LogP contribution in [0.5, 0.6) is 0 Å². The van der Waals surface area contributed by atoms with Gasteiger partial charge in [0.05, 0.1) is 12.7 Å². The summed E-state index contributed by atoms with van der Waals surface area (Å²) in [5, 5.41) is 16.2. The second-order valence-corrected chi connectivity index (χ2v) is 6.34. The summed E-state index contributed by atoms with van der Waals surface area (Å²) in [5.74, 6) is 0.354. The zero-order chi connectivity index (χ0) is 17.5. The number of aromatic nitrogens is 3. The molecule has 1 aliphatic heterocycles. The van der Waals surface area contributed by atoms with Crippen LogP contribution >= 0.6 is 11.3 Å². The van der Waals surface area contributed by atoms with E-state index in [1.165, 1.54) is 4.90 Å².